The zero-order valence-electron chi connectivity index (χ0n) is 18.5. The zero-order valence-corrected chi connectivity index (χ0v) is 18.5. The normalized spacial score (nSPS) is 28.6. The lowest BCUT2D eigenvalue weighted by Gasteiger charge is -2.39. The molecule has 2 aromatic carbocycles. The summed E-state index contributed by atoms with van der Waals surface area (Å²) in [5, 5.41) is 49.9. The van der Waals surface area contributed by atoms with Crippen molar-refractivity contribution in [2.45, 2.75) is 43.2 Å². The number of rotatable bonds is 6. The number of hydrogen-bond acceptors (Lipinski definition) is 11. The Morgan fingerprint density at radius 2 is 1.74 bits per heavy atom. The number of phenols is 1. The van der Waals surface area contributed by atoms with Crippen LogP contribution in [0, 0.1) is 0 Å². The molecule has 4 rings (SSSR count). The molecule has 1 saturated heterocycles. The van der Waals surface area contributed by atoms with Gasteiger partial charge < -0.3 is 49.2 Å². The van der Waals surface area contributed by atoms with Gasteiger partial charge in [0, 0.05) is 12.1 Å². The van der Waals surface area contributed by atoms with E-state index in [0.717, 1.165) is 6.07 Å². The summed E-state index contributed by atoms with van der Waals surface area (Å²) in [6.45, 7) is -0.620. The van der Waals surface area contributed by atoms with Crippen molar-refractivity contribution in [3.05, 3.63) is 41.5 Å². The van der Waals surface area contributed by atoms with Crippen LogP contribution in [-0.2, 0) is 4.74 Å². The van der Waals surface area contributed by atoms with E-state index in [1.165, 1.54) is 20.3 Å². The Morgan fingerprint density at radius 1 is 1.00 bits per heavy atom. The molecule has 6 atom stereocenters. The topological polar surface area (TPSA) is 164 Å². The van der Waals surface area contributed by atoms with Crippen molar-refractivity contribution < 1.29 is 54.0 Å². The van der Waals surface area contributed by atoms with Gasteiger partial charge in [0.25, 0.3) is 0 Å². The minimum atomic E-state index is -1.64. The van der Waals surface area contributed by atoms with Crippen LogP contribution in [0.3, 0.4) is 0 Å². The third kappa shape index (κ3) is 4.36. The van der Waals surface area contributed by atoms with E-state index in [1.54, 1.807) is 18.2 Å². The average molecular weight is 478 g/mol. The van der Waals surface area contributed by atoms with Crippen LogP contribution in [0.1, 0.15) is 28.4 Å². The molecule has 1 fully saturated rings. The molecule has 11 heteroatoms. The third-order valence-corrected chi connectivity index (χ3v) is 5.85. The van der Waals surface area contributed by atoms with Gasteiger partial charge in [0.2, 0.25) is 6.29 Å². The molecule has 11 nitrogen and oxygen atoms in total. The van der Waals surface area contributed by atoms with Crippen molar-refractivity contribution in [1.82, 2.24) is 0 Å². The molecule has 0 bridgehead atoms. The molecule has 2 aliphatic heterocycles. The Kier molecular flexibility index (Phi) is 6.82. The van der Waals surface area contributed by atoms with Crippen LogP contribution in [-0.4, -0.2) is 82.8 Å². The lowest BCUT2D eigenvalue weighted by Crippen LogP contribution is -2.60. The number of ketones is 1. The van der Waals surface area contributed by atoms with E-state index >= 15 is 0 Å². The van der Waals surface area contributed by atoms with E-state index in [-0.39, 0.29) is 29.3 Å². The minimum Gasteiger partial charge on any atom is -0.507 e. The first-order valence-electron chi connectivity index (χ1n) is 10.5. The van der Waals surface area contributed by atoms with Crippen molar-refractivity contribution in [1.29, 1.82) is 0 Å². The number of Topliss-reactive ketones (excluding diaryl/α,β-unsaturated/α-hetero) is 1. The largest absolute Gasteiger partial charge is 0.507 e. The van der Waals surface area contributed by atoms with Crippen LogP contribution in [0.2, 0.25) is 0 Å². The van der Waals surface area contributed by atoms with Gasteiger partial charge in [-0.15, -0.1) is 0 Å². The maximum absolute atomic E-state index is 12.8. The molecule has 0 aromatic heterocycles. The summed E-state index contributed by atoms with van der Waals surface area (Å²) in [4.78, 5) is 12.8. The number of phenolic OH excluding ortho intramolecular Hbond substituents is 1. The SMILES string of the molecule is COc1ccc(C2CC(=O)c3c(O)cc(O[C@@H]4O[C@H](CO)[C@@H](O)[C@H](O)[C@H]4O)cc3O2)cc1OC. The quantitative estimate of drug-likeness (QED) is 0.388. The molecule has 0 saturated carbocycles. The maximum atomic E-state index is 12.8. The Balaban J connectivity index is 1.60. The number of methoxy groups -OCH3 is 2. The second kappa shape index (κ2) is 9.65. The van der Waals surface area contributed by atoms with Crippen molar-refractivity contribution in [2.24, 2.45) is 0 Å². The van der Waals surface area contributed by atoms with Crippen LogP contribution in [0.5, 0.6) is 28.7 Å². The van der Waals surface area contributed by atoms with Gasteiger partial charge in [0.05, 0.1) is 27.2 Å². The summed E-state index contributed by atoms with van der Waals surface area (Å²) in [5.74, 6) is 0.258. The fourth-order valence-corrected chi connectivity index (χ4v) is 4.02. The van der Waals surface area contributed by atoms with Gasteiger partial charge in [-0.25, -0.2) is 0 Å². The summed E-state index contributed by atoms with van der Waals surface area (Å²) in [6, 6.07) is 7.61. The third-order valence-electron chi connectivity index (χ3n) is 5.85. The van der Waals surface area contributed by atoms with Crippen molar-refractivity contribution in [2.75, 3.05) is 20.8 Å². The van der Waals surface area contributed by atoms with Crippen LogP contribution < -0.4 is 18.9 Å². The van der Waals surface area contributed by atoms with Gasteiger partial charge >= 0.3 is 0 Å². The summed E-state index contributed by atoms with van der Waals surface area (Å²) in [6.07, 6.45) is -8.15. The molecule has 0 radical (unpaired) electrons. The number of fused-ring (bicyclic) bond motifs is 1. The molecule has 184 valence electrons. The van der Waals surface area contributed by atoms with E-state index in [1.807, 2.05) is 0 Å². The van der Waals surface area contributed by atoms with Gasteiger partial charge in [0.1, 0.15) is 53.3 Å². The predicted octanol–water partition coefficient (Wildman–Crippen LogP) is 0.295. The summed E-state index contributed by atoms with van der Waals surface area (Å²) >= 11 is 0. The fourth-order valence-electron chi connectivity index (χ4n) is 4.02. The molecule has 2 aromatic rings. The number of ether oxygens (including phenoxy) is 5. The van der Waals surface area contributed by atoms with Crippen LogP contribution in [0.25, 0.3) is 0 Å². The highest BCUT2D eigenvalue weighted by atomic mass is 16.7. The lowest BCUT2D eigenvalue weighted by atomic mass is 9.95. The molecule has 2 heterocycles. The van der Waals surface area contributed by atoms with E-state index in [0.29, 0.717) is 17.1 Å². The zero-order chi connectivity index (χ0) is 24.6. The van der Waals surface area contributed by atoms with E-state index in [2.05, 4.69) is 0 Å². The lowest BCUT2D eigenvalue weighted by molar-refractivity contribution is -0.277. The molecule has 34 heavy (non-hydrogen) atoms. The fraction of sp³-hybridized carbons (Fsp3) is 0.435. The number of benzene rings is 2. The van der Waals surface area contributed by atoms with Crippen molar-refractivity contribution >= 4 is 5.78 Å². The van der Waals surface area contributed by atoms with E-state index < -0.39 is 49.2 Å². The molecule has 0 amide bonds. The number of aliphatic hydroxyl groups excluding tert-OH is 4. The highest BCUT2D eigenvalue weighted by molar-refractivity contribution is 6.02. The van der Waals surface area contributed by atoms with E-state index in [9.17, 15) is 30.3 Å². The van der Waals surface area contributed by atoms with Crippen molar-refractivity contribution in [3.8, 4) is 28.7 Å². The first kappa shape index (κ1) is 24.0. The van der Waals surface area contributed by atoms with Gasteiger partial charge in [-0.3, -0.25) is 4.79 Å². The van der Waals surface area contributed by atoms with Gasteiger partial charge in [-0.05, 0) is 17.7 Å². The smallest absolute Gasteiger partial charge is 0.229 e. The molecular weight excluding hydrogens is 452 g/mol. The highest BCUT2D eigenvalue weighted by Gasteiger charge is 2.45. The average Bonchev–Trinajstić information content (AvgIpc) is 2.83. The Labute approximate surface area is 194 Å². The van der Waals surface area contributed by atoms with Crippen molar-refractivity contribution in [3.63, 3.8) is 0 Å². The van der Waals surface area contributed by atoms with Gasteiger partial charge in [-0.1, -0.05) is 6.07 Å². The molecule has 5 N–H and O–H groups in total. The summed E-state index contributed by atoms with van der Waals surface area (Å²) in [7, 11) is 3.00. The molecular formula is C23H26O11. The molecule has 0 aliphatic carbocycles. The van der Waals surface area contributed by atoms with Crippen LogP contribution in [0.4, 0.5) is 0 Å². The predicted molar refractivity (Wildman–Crippen MR) is 114 cm³/mol. The molecule has 2 aliphatic rings. The Morgan fingerprint density at radius 3 is 2.41 bits per heavy atom. The van der Waals surface area contributed by atoms with Gasteiger partial charge in [-0.2, -0.15) is 0 Å². The Hall–Kier alpha value is -3.09. The Bertz CT molecular complexity index is 1050. The number of carbonyl (C=O) groups is 1. The second-order valence-electron chi connectivity index (χ2n) is 7.98. The summed E-state index contributed by atoms with van der Waals surface area (Å²) in [5.41, 5.74) is 0.634. The standard InChI is InChI=1S/C23H26O11/c1-30-14-4-3-10(5-16(14)31-2)15-8-13(26)19-12(25)6-11(7-17(19)33-15)32-23-22(29)21(28)20(27)18(9-24)34-23/h3-7,15,18,20-25,27-29H,8-9H2,1-2H3/t15?,18-,20-,21+,22-,23-/m1/s1. The first-order chi connectivity index (χ1) is 16.3. The van der Waals surface area contributed by atoms with Crippen LogP contribution >= 0.6 is 0 Å². The monoisotopic (exact) mass is 478 g/mol. The van der Waals surface area contributed by atoms with Gasteiger partial charge in [0.15, 0.2) is 17.3 Å². The van der Waals surface area contributed by atoms with E-state index in [4.69, 9.17) is 23.7 Å². The highest BCUT2D eigenvalue weighted by Crippen LogP contribution is 2.43. The minimum absolute atomic E-state index is 0.0159. The summed E-state index contributed by atoms with van der Waals surface area (Å²) < 4.78 is 27.4. The first-order valence-corrected chi connectivity index (χ1v) is 10.5. The molecule has 0 spiro atoms. The number of aromatic hydroxyl groups is 1. The maximum Gasteiger partial charge on any atom is 0.229 e. The van der Waals surface area contributed by atoms with Crippen LogP contribution in [0.15, 0.2) is 30.3 Å². The second-order valence-corrected chi connectivity index (χ2v) is 7.98. The molecule has 1 unspecified atom stereocenters. The number of carbonyl (C=O) groups excluding carboxylic acids is 1. The number of aliphatic hydroxyl groups is 4. The number of hydrogen-bond donors (Lipinski definition) is 5.